The molecule has 0 atom stereocenters. The number of hydrogen-bond donors (Lipinski definition) is 4. The Balaban J connectivity index is 2.80. The number of rotatable bonds is 4. The van der Waals surface area contributed by atoms with E-state index in [1.54, 1.807) is 0 Å². The Morgan fingerprint density at radius 3 is 2.24 bits per heavy atom. The number of non-ortho nitro benzene ring substituents is 1. The molecule has 2 aromatic carbocycles. The van der Waals surface area contributed by atoms with E-state index in [1.807, 2.05) is 0 Å². The summed E-state index contributed by atoms with van der Waals surface area (Å²) in [7, 11) is 0. The molecule has 0 heterocycles. The summed E-state index contributed by atoms with van der Waals surface area (Å²) in [5.41, 5.74) is 0.143. The molecule has 4 N–H and O–H groups in total. The van der Waals surface area contributed by atoms with Crippen molar-refractivity contribution in [2.75, 3.05) is 5.32 Å². The van der Waals surface area contributed by atoms with Crippen molar-refractivity contribution in [3.05, 3.63) is 46.0 Å². The van der Waals surface area contributed by atoms with Crippen LogP contribution in [0.3, 0.4) is 0 Å². The number of benzene rings is 2. The van der Waals surface area contributed by atoms with Gasteiger partial charge in [-0.25, -0.2) is 0 Å². The van der Waals surface area contributed by atoms with E-state index in [9.17, 15) is 31.9 Å². The molecular weight excluding hydrogens is 395 g/mol. The Labute approximate surface area is 145 Å². The number of phenols is 1. The molecule has 2 rings (SSSR count). The molecule has 132 valence electrons. The number of hydrogen-bond acceptors (Lipinski definition) is 5. The van der Waals surface area contributed by atoms with Gasteiger partial charge in [-0.1, -0.05) is 0 Å². The topological polar surface area (TPSA) is 150 Å². The van der Waals surface area contributed by atoms with Gasteiger partial charge in [-0.15, -0.1) is 0 Å². The van der Waals surface area contributed by atoms with Gasteiger partial charge in [0.05, 0.1) is 0 Å². The molecule has 0 saturated heterocycles. The molecule has 0 spiro atoms. The average molecular weight is 410 g/mol. The number of nitro benzene ring substituents is 1. The molecule has 0 fully saturated rings. The minimum absolute atomic E-state index is 0.0847. The molecular formula is C15H15AsN2O7. The van der Waals surface area contributed by atoms with Gasteiger partial charge in [0.25, 0.3) is 0 Å². The molecule has 0 radical (unpaired) electrons. The Bertz CT molecular complexity index is 903. The van der Waals surface area contributed by atoms with Crippen LogP contribution in [0.1, 0.15) is 12.5 Å². The van der Waals surface area contributed by atoms with Gasteiger partial charge in [0.15, 0.2) is 0 Å². The van der Waals surface area contributed by atoms with Crippen LogP contribution in [-0.4, -0.2) is 38.3 Å². The van der Waals surface area contributed by atoms with Gasteiger partial charge in [0.2, 0.25) is 0 Å². The van der Waals surface area contributed by atoms with E-state index in [1.165, 1.54) is 37.3 Å². The Hall–Kier alpha value is -2.61. The van der Waals surface area contributed by atoms with E-state index >= 15 is 0 Å². The van der Waals surface area contributed by atoms with Crippen LogP contribution in [-0.2, 0) is 8.53 Å². The third-order valence-electron chi connectivity index (χ3n) is 3.44. The predicted molar refractivity (Wildman–Crippen MR) is 89.8 cm³/mol. The molecule has 0 aliphatic carbocycles. The van der Waals surface area contributed by atoms with Crippen LogP contribution in [0.25, 0.3) is 11.1 Å². The number of carbonyl (C=O) groups excluding carboxylic acids is 1. The minimum atomic E-state index is -5.60. The summed E-state index contributed by atoms with van der Waals surface area (Å²) in [6, 6.07) is 6.45. The Morgan fingerprint density at radius 2 is 1.80 bits per heavy atom. The number of aryl methyl sites for hydroxylation is 1. The summed E-state index contributed by atoms with van der Waals surface area (Å²) in [6.07, 6.45) is 0. The zero-order chi connectivity index (χ0) is 18.9. The van der Waals surface area contributed by atoms with Crippen LogP contribution < -0.4 is 9.67 Å². The maximum absolute atomic E-state index is 12.1. The van der Waals surface area contributed by atoms with Crippen molar-refractivity contribution >= 4 is 35.8 Å². The quantitative estimate of drug-likeness (QED) is 0.252. The standard InChI is InChI=1S/C15H15AsN2O7/c1-8-7-12(10-3-5-11(6-4-10)18(24)25)13(16(21,22)23)14(15(8)20)17-9(2)19/h3-7,20H,1-2H3,(H,17,19)(H2,21,22,23). The average Bonchev–Trinajstić information content (AvgIpc) is 2.50. The third-order valence-corrected chi connectivity index (χ3v) is 5.64. The van der Waals surface area contributed by atoms with Gasteiger partial charge >= 0.3 is 145 Å². The molecule has 2 aromatic rings. The van der Waals surface area contributed by atoms with Crippen molar-refractivity contribution in [1.82, 2.24) is 0 Å². The van der Waals surface area contributed by atoms with E-state index in [0.29, 0.717) is 5.56 Å². The molecule has 0 unspecified atom stereocenters. The number of amides is 1. The van der Waals surface area contributed by atoms with Gasteiger partial charge < -0.3 is 0 Å². The fourth-order valence-corrected chi connectivity index (χ4v) is 4.39. The predicted octanol–water partition coefficient (Wildman–Crippen LogP) is 0.795. The summed E-state index contributed by atoms with van der Waals surface area (Å²) in [5, 5.41) is 23.1. The first kappa shape index (κ1) is 18.7. The van der Waals surface area contributed by atoms with E-state index in [0.717, 1.165) is 6.92 Å². The van der Waals surface area contributed by atoms with Crippen LogP contribution in [0.5, 0.6) is 5.75 Å². The number of phenolic OH excluding ortho intramolecular Hbond substituents is 1. The van der Waals surface area contributed by atoms with Gasteiger partial charge in [0.1, 0.15) is 0 Å². The van der Waals surface area contributed by atoms with Gasteiger partial charge in [-0.05, 0) is 0 Å². The van der Waals surface area contributed by atoms with Crippen molar-refractivity contribution in [3.8, 4) is 16.9 Å². The first-order valence-electron chi connectivity index (χ1n) is 6.97. The van der Waals surface area contributed by atoms with Gasteiger partial charge in [0, 0.05) is 0 Å². The van der Waals surface area contributed by atoms with Gasteiger partial charge in [-0.2, -0.15) is 0 Å². The van der Waals surface area contributed by atoms with Crippen LogP contribution in [0.4, 0.5) is 11.4 Å². The zero-order valence-electron chi connectivity index (χ0n) is 13.3. The van der Waals surface area contributed by atoms with Gasteiger partial charge in [-0.3, -0.25) is 0 Å². The summed E-state index contributed by atoms with van der Waals surface area (Å²) in [5.74, 6) is -1.05. The number of carbonyl (C=O) groups is 1. The Kier molecular flexibility index (Phi) is 5.03. The summed E-state index contributed by atoms with van der Waals surface area (Å²) < 4.78 is 31.1. The van der Waals surface area contributed by atoms with Crippen LogP contribution in [0, 0.1) is 17.0 Å². The van der Waals surface area contributed by atoms with E-state index in [-0.39, 0.29) is 22.5 Å². The zero-order valence-corrected chi connectivity index (χ0v) is 15.1. The van der Waals surface area contributed by atoms with E-state index < -0.39 is 35.1 Å². The fraction of sp³-hybridized carbons (Fsp3) is 0.133. The third kappa shape index (κ3) is 3.90. The van der Waals surface area contributed by atoms with Crippen molar-refractivity contribution in [2.24, 2.45) is 0 Å². The first-order valence-corrected chi connectivity index (χ1v) is 10.4. The molecule has 0 aliphatic heterocycles. The molecule has 0 saturated carbocycles. The first-order chi connectivity index (χ1) is 11.5. The van der Waals surface area contributed by atoms with Crippen LogP contribution in [0.2, 0.25) is 0 Å². The van der Waals surface area contributed by atoms with Crippen molar-refractivity contribution in [2.45, 2.75) is 13.8 Å². The second-order valence-corrected chi connectivity index (χ2v) is 8.56. The number of aromatic hydroxyl groups is 1. The molecule has 0 aromatic heterocycles. The van der Waals surface area contributed by atoms with E-state index in [4.69, 9.17) is 0 Å². The molecule has 25 heavy (non-hydrogen) atoms. The summed E-state index contributed by atoms with van der Waals surface area (Å²) in [4.78, 5) is 21.5. The molecule has 10 heteroatoms. The number of nitro groups is 1. The summed E-state index contributed by atoms with van der Waals surface area (Å²) in [6.45, 7) is 2.65. The number of nitrogens with one attached hydrogen (secondary N) is 1. The fourth-order valence-electron chi connectivity index (χ4n) is 2.38. The second-order valence-electron chi connectivity index (χ2n) is 5.34. The number of anilines is 1. The van der Waals surface area contributed by atoms with Crippen molar-refractivity contribution < 1.29 is 26.8 Å². The molecule has 9 nitrogen and oxygen atoms in total. The molecule has 0 aliphatic rings. The SMILES string of the molecule is CC(=O)Nc1c(O)c(C)cc(-c2ccc([N+](=O)[O-])cc2)c1[As](=O)(O)O. The van der Waals surface area contributed by atoms with Crippen LogP contribution in [0.15, 0.2) is 30.3 Å². The van der Waals surface area contributed by atoms with E-state index in [2.05, 4.69) is 5.32 Å². The molecule has 1 amide bonds. The second kappa shape index (κ2) is 6.71. The summed E-state index contributed by atoms with van der Waals surface area (Å²) >= 11 is -5.60. The van der Waals surface area contributed by atoms with Crippen molar-refractivity contribution in [3.63, 3.8) is 0 Å². The monoisotopic (exact) mass is 410 g/mol. The Morgan fingerprint density at radius 1 is 1.24 bits per heavy atom. The normalized spacial score (nSPS) is 11.2. The molecule has 0 bridgehead atoms. The maximum atomic E-state index is 12.1. The number of nitrogens with zero attached hydrogens (tertiary/aromatic N) is 1. The van der Waals surface area contributed by atoms with Crippen LogP contribution >= 0.6 is 0 Å². The van der Waals surface area contributed by atoms with Crippen molar-refractivity contribution in [1.29, 1.82) is 0 Å².